The molecule has 1 atom stereocenters. The lowest BCUT2D eigenvalue weighted by Gasteiger charge is -2.16. The molecule has 3 aromatic rings. The number of amides is 1. The van der Waals surface area contributed by atoms with Crippen LogP contribution in [0.25, 0.3) is 0 Å². The summed E-state index contributed by atoms with van der Waals surface area (Å²) in [7, 11) is -0.204. The Hall–Kier alpha value is -3.40. The van der Waals surface area contributed by atoms with Gasteiger partial charge in [-0.1, -0.05) is 41.9 Å². The van der Waals surface area contributed by atoms with E-state index in [1.54, 1.807) is 36.4 Å². The molecule has 0 saturated heterocycles. The second-order valence-electron chi connectivity index (χ2n) is 7.93. The van der Waals surface area contributed by atoms with Crippen LogP contribution in [0.4, 0.5) is 11.4 Å². The van der Waals surface area contributed by atoms with Crippen molar-refractivity contribution in [2.75, 3.05) is 24.3 Å². The van der Waals surface area contributed by atoms with Crippen LogP contribution in [0, 0.1) is 0 Å². The summed E-state index contributed by atoms with van der Waals surface area (Å²) in [5, 5.41) is 2.63. The molecule has 3 aromatic carbocycles. The summed E-state index contributed by atoms with van der Waals surface area (Å²) in [4.78, 5) is 26.8. The van der Waals surface area contributed by atoms with Gasteiger partial charge in [0.2, 0.25) is 10.0 Å². The molecule has 0 unspecified atom stereocenters. The summed E-state index contributed by atoms with van der Waals surface area (Å²) in [5.41, 5.74) is 2.23. The van der Waals surface area contributed by atoms with Crippen molar-refractivity contribution in [3.63, 3.8) is 0 Å². The number of carbonyl (C=O) groups excluding carboxylic acids is 2. The Morgan fingerprint density at radius 2 is 1.66 bits per heavy atom. The van der Waals surface area contributed by atoms with E-state index in [0.717, 1.165) is 17.3 Å². The van der Waals surface area contributed by atoms with Crippen LogP contribution in [0.2, 0.25) is 5.02 Å². The smallest absolute Gasteiger partial charge is 0.338 e. The van der Waals surface area contributed by atoms with Crippen molar-refractivity contribution < 1.29 is 22.7 Å². The summed E-state index contributed by atoms with van der Waals surface area (Å²) >= 11 is 6.11. The Morgan fingerprint density at radius 1 is 1.00 bits per heavy atom. The van der Waals surface area contributed by atoms with E-state index in [0.29, 0.717) is 5.69 Å². The third-order valence-electron chi connectivity index (χ3n) is 5.07. The first-order chi connectivity index (χ1) is 16.6. The van der Waals surface area contributed by atoms with Crippen LogP contribution >= 0.6 is 11.6 Å². The Kier molecular flexibility index (Phi) is 8.50. The van der Waals surface area contributed by atoms with Crippen LogP contribution in [0.3, 0.4) is 0 Å². The van der Waals surface area contributed by atoms with E-state index in [9.17, 15) is 18.0 Å². The molecule has 0 radical (unpaired) electrons. The van der Waals surface area contributed by atoms with Crippen molar-refractivity contribution in [2.24, 2.45) is 0 Å². The highest BCUT2D eigenvalue weighted by Crippen LogP contribution is 2.24. The minimum atomic E-state index is -4.01. The Morgan fingerprint density at radius 3 is 2.29 bits per heavy atom. The van der Waals surface area contributed by atoms with Crippen molar-refractivity contribution in [3.05, 3.63) is 88.9 Å². The van der Waals surface area contributed by atoms with Crippen molar-refractivity contribution >= 4 is 44.9 Å². The average Bonchev–Trinajstić information content (AvgIpc) is 2.83. The lowest BCUT2D eigenvalue weighted by atomic mass is 10.2. The van der Waals surface area contributed by atoms with Gasteiger partial charge in [-0.15, -0.1) is 0 Å². The van der Waals surface area contributed by atoms with E-state index in [4.69, 9.17) is 16.3 Å². The highest BCUT2D eigenvalue weighted by atomic mass is 35.5. The van der Waals surface area contributed by atoms with E-state index in [1.165, 1.54) is 19.1 Å². The second kappa shape index (κ2) is 11.4. The topological polar surface area (TPSA) is 105 Å². The fourth-order valence-corrected chi connectivity index (χ4v) is 4.60. The highest BCUT2D eigenvalue weighted by molar-refractivity contribution is 7.89. The number of hydrogen-bond donors (Lipinski definition) is 2. The number of ether oxygens (including phenoxy) is 1. The summed E-state index contributed by atoms with van der Waals surface area (Å²) in [5.74, 6) is -1.38. The molecule has 1 amide bonds. The molecule has 0 aliphatic rings. The maximum absolute atomic E-state index is 12.8. The first kappa shape index (κ1) is 26.2. The lowest BCUT2D eigenvalue weighted by Crippen LogP contribution is -2.30. The SMILES string of the molecule is C[C@@H](OC(=O)c1ccc(Cl)c(S(=O)(=O)NCc2ccccc2)c1)C(=O)Nc1ccc(N(C)C)cc1. The number of esters is 1. The zero-order valence-corrected chi connectivity index (χ0v) is 21.1. The van der Waals surface area contributed by atoms with Gasteiger partial charge in [-0.05, 0) is 55.0 Å². The van der Waals surface area contributed by atoms with Gasteiger partial charge in [0, 0.05) is 32.0 Å². The molecule has 0 bridgehead atoms. The summed E-state index contributed by atoms with van der Waals surface area (Å²) in [6.45, 7) is 1.48. The molecule has 0 aliphatic heterocycles. The van der Waals surface area contributed by atoms with E-state index in [2.05, 4.69) is 10.0 Å². The van der Waals surface area contributed by atoms with Gasteiger partial charge in [-0.2, -0.15) is 0 Å². The zero-order chi connectivity index (χ0) is 25.6. The number of carbonyl (C=O) groups is 2. The average molecular weight is 516 g/mol. The van der Waals surface area contributed by atoms with Gasteiger partial charge in [-0.3, -0.25) is 4.79 Å². The summed E-state index contributed by atoms with van der Waals surface area (Å²) in [6.07, 6.45) is -1.12. The van der Waals surface area contributed by atoms with E-state index < -0.39 is 28.0 Å². The van der Waals surface area contributed by atoms with Gasteiger partial charge in [-0.25, -0.2) is 17.9 Å². The van der Waals surface area contributed by atoms with Crippen LogP contribution < -0.4 is 14.9 Å². The Bertz CT molecular complexity index is 1300. The molecule has 184 valence electrons. The maximum Gasteiger partial charge on any atom is 0.338 e. The highest BCUT2D eigenvalue weighted by Gasteiger charge is 2.23. The van der Waals surface area contributed by atoms with E-state index in [-0.39, 0.29) is 22.0 Å². The Balaban J connectivity index is 1.66. The van der Waals surface area contributed by atoms with Gasteiger partial charge in [0.25, 0.3) is 5.91 Å². The first-order valence-electron chi connectivity index (χ1n) is 10.7. The van der Waals surface area contributed by atoms with Crippen LogP contribution in [0.1, 0.15) is 22.8 Å². The predicted molar refractivity (Wildman–Crippen MR) is 136 cm³/mol. The quantitative estimate of drug-likeness (QED) is 0.416. The van der Waals surface area contributed by atoms with Crippen molar-refractivity contribution in [2.45, 2.75) is 24.5 Å². The van der Waals surface area contributed by atoms with Crippen LogP contribution in [-0.4, -0.2) is 40.5 Å². The largest absolute Gasteiger partial charge is 0.449 e. The maximum atomic E-state index is 12.8. The van der Waals surface area contributed by atoms with E-state index >= 15 is 0 Å². The number of halogens is 1. The van der Waals surface area contributed by atoms with Crippen LogP contribution in [0.15, 0.2) is 77.7 Å². The number of benzene rings is 3. The first-order valence-corrected chi connectivity index (χ1v) is 12.6. The van der Waals surface area contributed by atoms with Gasteiger partial charge < -0.3 is 15.0 Å². The predicted octanol–water partition coefficient (Wildman–Crippen LogP) is 4.07. The normalized spacial score (nSPS) is 12.0. The minimum absolute atomic E-state index is 0.0472. The minimum Gasteiger partial charge on any atom is -0.449 e. The molecule has 35 heavy (non-hydrogen) atoms. The molecular weight excluding hydrogens is 490 g/mol. The fraction of sp³-hybridized carbons (Fsp3) is 0.200. The van der Waals surface area contributed by atoms with Crippen LogP contribution in [0.5, 0.6) is 0 Å². The molecule has 0 saturated carbocycles. The molecular formula is C25H26ClN3O5S. The molecule has 8 nitrogen and oxygen atoms in total. The van der Waals surface area contributed by atoms with Crippen molar-refractivity contribution in [1.82, 2.24) is 4.72 Å². The fourth-order valence-electron chi connectivity index (χ4n) is 3.06. The number of nitrogens with one attached hydrogen (secondary N) is 2. The monoisotopic (exact) mass is 515 g/mol. The molecule has 0 fully saturated rings. The van der Waals surface area contributed by atoms with Crippen molar-refractivity contribution in [1.29, 1.82) is 0 Å². The van der Waals surface area contributed by atoms with Crippen molar-refractivity contribution in [3.8, 4) is 0 Å². The zero-order valence-electron chi connectivity index (χ0n) is 19.5. The number of rotatable bonds is 9. The summed E-state index contributed by atoms with van der Waals surface area (Å²) in [6, 6.07) is 19.9. The summed E-state index contributed by atoms with van der Waals surface area (Å²) < 4.78 is 33.3. The standard InChI is InChI=1S/C25H26ClN3O5S/c1-17(24(30)28-20-10-12-21(13-11-20)29(2)3)34-25(31)19-9-14-22(26)23(15-19)35(32,33)27-16-18-7-5-4-6-8-18/h4-15,17,27H,16H2,1-3H3,(H,28,30)/t17-/m1/s1. The molecule has 2 N–H and O–H groups in total. The second-order valence-corrected chi connectivity index (χ2v) is 10.1. The number of anilines is 2. The van der Waals surface area contributed by atoms with Gasteiger partial charge >= 0.3 is 5.97 Å². The van der Waals surface area contributed by atoms with Crippen LogP contribution in [-0.2, 0) is 26.1 Å². The molecule has 0 spiro atoms. The third-order valence-corrected chi connectivity index (χ3v) is 6.95. The molecule has 3 rings (SSSR count). The number of hydrogen-bond acceptors (Lipinski definition) is 6. The molecule has 0 aromatic heterocycles. The molecule has 0 aliphatic carbocycles. The molecule has 10 heteroatoms. The molecule has 0 heterocycles. The van der Waals surface area contributed by atoms with Gasteiger partial charge in [0.1, 0.15) is 4.90 Å². The van der Waals surface area contributed by atoms with E-state index in [1.807, 2.05) is 37.2 Å². The van der Waals surface area contributed by atoms with Gasteiger partial charge in [0.15, 0.2) is 6.10 Å². The Labute approximate surface area is 209 Å². The lowest BCUT2D eigenvalue weighted by molar-refractivity contribution is -0.123. The third kappa shape index (κ3) is 7.05. The number of nitrogens with zero attached hydrogens (tertiary/aromatic N) is 1. The number of sulfonamides is 1. The van der Waals surface area contributed by atoms with Gasteiger partial charge in [0.05, 0.1) is 10.6 Å².